The zero-order valence-corrected chi connectivity index (χ0v) is 29.3. The van der Waals surface area contributed by atoms with Crippen LogP contribution in [0.1, 0.15) is 0 Å². The average Bonchev–Trinajstić information content (AvgIpc) is 3.95. The highest BCUT2D eigenvalue weighted by molar-refractivity contribution is 7.26. The van der Waals surface area contributed by atoms with Gasteiger partial charge in [-0.3, -0.25) is 0 Å². The van der Waals surface area contributed by atoms with Crippen molar-refractivity contribution in [1.82, 2.24) is 9.55 Å². The van der Waals surface area contributed by atoms with E-state index in [1.165, 1.54) is 79.7 Å². The molecule has 0 saturated heterocycles. The number of aromatic nitrogens is 2. The van der Waals surface area contributed by atoms with E-state index in [2.05, 4.69) is 143 Å². The highest BCUT2D eigenvalue weighted by atomic mass is 32.1. The highest BCUT2D eigenvalue weighted by Gasteiger charge is 2.16. The standard InChI is InChI=1S/C47H26N2OS2/c1-3-9-40-32(6-1)35-22-27(11-16-41(35)49(40)31-15-20-46-39(26-31)34-8-5-21-48-47(34)52-46)29-13-18-44-37(24-29)38-25-30(14-19-45(38)51-44)28-12-17-43-36(23-28)33-7-2-4-10-42(33)50-43/h1-26H. The molecule has 0 radical (unpaired) electrons. The number of hydrogen-bond acceptors (Lipinski definition) is 4. The van der Waals surface area contributed by atoms with Gasteiger partial charge in [-0.25, -0.2) is 4.98 Å². The minimum atomic E-state index is 0.923. The van der Waals surface area contributed by atoms with Gasteiger partial charge in [0, 0.05) is 69.1 Å². The predicted molar refractivity (Wildman–Crippen MR) is 223 cm³/mol. The summed E-state index contributed by atoms with van der Waals surface area (Å²) in [5.41, 5.74) is 10.3. The Bertz CT molecular complexity index is 3430. The van der Waals surface area contributed by atoms with Crippen LogP contribution in [0.15, 0.2) is 162 Å². The van der Waals surface area contributed by atoms with E-state index in [1.54, 1.807) is 11.3 Å². The molecule has 0 N–H and O–H groups in total. The maximum Gasteiger partial charge on any atom is 0.135 e. The van der Waals surface area contributed by atoms with Crippen molar-refractivity contribution in [3.8, 4) is 27.9 Å². The first kappa shape index (κ1) is 28.4. The Hall–Kier alpha value is -6.27. The van der Waals surface area contributed by atoms with E-state index in [-0.39, 0.29) is 0 Å². The van der Waals surface area contributed by atoms with Crippen LogP contribution in [-0.2, 0) is 0 Å². The number of para-hydroxylation sites is 2. The molecular weight excluding hydrogens is 673 g/mol. The molecule has 52 heavy (non-hydrogen) atoms. The van der Waals surface area contributed by atoms with Gasteiger partial charge >= 0.3 is 0 Å². The SMILES string of the molecule is c1ccc2c(c1)oc1ccc(-c3ccc4sc5ccc(-c6ccc7c(c6)c6ccccc6n7-c6ccc7sc8ncccc8c7c6)cc5c4c3)cc12. The van der Waals surface area contributed by atoms with Gasteiger partial charge in [-0.1, -0.05) is 60.7 Å². The van der Waals surface area contributed by atoms with Crippen molar-refractivity contribution in [1.29, 1.82) is 0 Å². The fraction of sp³-hybridized carbons (Fsp3) is 0. The fourth-order valence-corrected chi connectivity index (χ4v) is 10.3. The topological polar surface area (TPSA) is 31.0 Å². The molecule has 0 spiro atoms. The predicted octanol–water partition coefficient (Wildman–Crippen LogP) is 14.1. The largest absolute Gasteiger partial charge is 0.456 e. The molecule has 0 aliphatic rings. The van der Waals surface area contributed by atoms with Gasteiger partial charge in [-0.15, -0.1) is 22.7 Å². The van der Waals surface area contributed by atoms with E-state index in [4.69, 9.17) is 4.42 Å². The molecule has 0 aliphatic carbocycles. The summed E-state index contributed by atoms with van der Waals surface area (Å²) in [6.45, 7) is 0. The van der Waals surface area contributed by atoms with Crippen molar-refractivity contribution in [3.05, 3.63) is 158 Å². The zero-order valence-electron chi connectivity index (χ0n) is 27.6. The zero-order chi connectivity index (χ0) is 33.9. The molecule has 12 aromatic rings. The lowest BCUT2D eigenvalue weighted by Crippen LogP contribution is -1.93. The van der Waals surface area contributed by atoms with Crippen LogP contribution in [-0.4, -0.2) is 9.55 Å². The van der Waals surface area contributed by atoms with E-state index in [9.17, 15) is 0 Å². The molecule has 0 aliphatic heterocycles. The molecule has 0 saturated carbocycles. The number of thiophene rings is 2. The molecule has 0 amide bonds. The van der Waals surface area contributed by atoms with Crippen molar-refractivity contribution < 1.29 is 4.42 Å². The number of fused-ring (bicyclic) bond motifs is 12. The summed E-state index contributed by atoms with van der Waals surface area (Å²) in [5, 5.41) is 9.87. The van der Waals surface area contributed by atoms with Gasteiger partial charge in [0.15, 0.2) is 0 Å². The Morgan fingerprint density at radius 1 is 0.404 bits per heavy atom. The van der Waals surface area contributed by atoms with Gasteiger partial charge in [0.1, 0.15) is 16.0 Å². The van der Waals surface area contributed by atoms with E-state index in [1.807, 2.05) is 35.7 Å². The van der Waals surface area contributed by atoms with Crippen LogP contribution in [0, 0.1) is 0 Å². The lowest BCUT2D eigenvalue weighted by Gasteiger charge is -2.09. The maximum atomic E-state index is 6.11. The van der Waals surface area contributed by atoms with Crippen molar-refractivity contribution in [2.75, 3.05) is 0 Å². The number of furan rings is 1. The summed E-state index contributed by atoms with van der Waals surface area (Å²) < 4.78 is 12.4. The van der Waals surface area contributed by atoms with Crippen LogP contribution in [0.3, 0.4) is 0 Å². The Morgan fingerprint density at radius 3 is 1.81 bits per heavy atom. The third-order valence-corrected chi connectivity index (χ3v) is 12.9. The Balaban J connectivity index is 0.994. The molecule has 5 heterocycles. The number of nitrogens with zero attached hydrogens (tertiary/aromatic N) is 2. The molecule has 0 bridgehead atoms. The van der Waals surface area contributed by atoms with Crippen LogP contribution < -0.4 is 0 Å². The van der Waals surface area contributed by atoms with Gasteiger partial charge in [0.05, 0.1) is 11.0 Å². The summed E-state index contributed by atoms with van der Waals surface area (Å²) >= 11 is 3.61. The molecule has 7 aromatic carbocycles. The first-order valence-electron chi connectivity index (χ1n) is 17.4. The van der Waals surface area contributed by atoms with Crippen molar-refractivity contribution in [2.45, 2.75) is 0 Å². The molecular formula is C47H26N2OS2. The first-order chi connectivity index (χ1) is 25.7. The second kappa shape index (κ2) is 10.6. The van der Waals surface area contributed by atoms with Crippen LogP contribution in [0.4, 0.5) is 0 Å². The smallest absolute Gasteiger partial charge is 0.135 e. The second-order valence-corrected chi connectivity index (χ2v) is 15.7. The van der Waals surface area contributed by atoms with Crippen LogP contribution in [0.25, 0.3) is 112 Å². The lowest BCUT2D eigenvalue weighted by molar-refractivity contribution is 0.669. The van der Waals surface area contributed by atoms with E-state index >= 15 is 0 Å². The minimum Gasteiger partial charge on any atom is -0.456 e. The Labute approximate surface area is 305 Å². The maximum absolute atomic E-state index is 6.11. The van der Waals surface area contributed by atoms with Gasteiger partial charge in [-0.05, 0) is 113 Å². The quantitative estimate of drug-likeness (QED) is 0.184. The number of hydrogen-bond donors (Lipinski definition) is 0. The van der Waals surface area contributed by atoms with Crippen molar-refractivity contribution in [3.63, 3.8) is 0 Å². The summed E-state index contributed by atoms with van der Waals surface area (Å²) in [5.74, 6) is 0. The molecule has 0 fully saturated rings. The lowest BCUT2D eigenvalue weighted by atomic mass is 9.98. The molecule has 12 rings (SSSR count). The van der Waals surface area contributed by atoms with Crippen molar-refractivity contribution in [2.24, 2.45) is 0 Å². The molecule has 0 atom stereocenters. The van der Waals surface area contributed by atoms with Gasteiger partial charge in [0.2, 0.25) is 0 Å². The minimum absolute atomic E-state index is 0.923. The third kappa shape index (κ3) is 4.09. The van der Waals surface area contributed by atoms with E-state index in [0.717, 1.165) is 32.5 Å². The summed E-state index contributed by atoms with van der Waals surface area (Å²) in [7, 11) is 0. The number of rotatable bonds is 3. The van der Waals surface area contributed by atoms with Gasteiger partial charge < -0.3 is 8.98 Å². The Kier molecular flexibility index (Phi) is 5.81. The van der Waals surface area contributed by atoms with Crippen molar-refractivity contribution >= 4 is 107 Å². The van der Waals surface area contributed by atoms with Crippen LogP contribution >= 0.6 is 22.7 Å². The molecule has 3 nitrogen and oxygen atoms in total. The molecule has 5 heteroatoms. The summed E-state index contributed by atoms with van der Waals surface area (Å²) in [6, 6.07) is 55.4. The normalized spacial score (nSPS) is 12.2. The average molecular weight is 699 g/mol. The fourth-order valence-electron chi connectivity index (χ4n) is 8.21. The van der Waals surface area contributed by atoms with E-state index < -0.39 is 0 Å². The third-order valence-electron chi connectivity index (χ3n) is 10.7. The first-order valence-corrected chi connectivity index (χ1v) is 19.1. The van der Waals surface area contributed by atoms with Gasteiger partial charge in [-0.2, -0.15) is 0 Å². The van der Waals surface area contributed by atoms with Gasteiger partial charge in [0.25, 0.3) is 0 Å². The summed E-state index contributed by atoms with van der Waals surface area (Å²) in [4.78, 5) is 5.71. The Morgan fingerprint density at radius 2 is 0.981 bits per heavy atom. The monoisotopic (exact) mass is 698 g/mol. The number of benzene rings is 7. The second-order valence-electron chi connectivity index (χ2n) is 13.6. The molecule has 0 unspecified atom stereocenters. The molecule has 242 valence electrons. The van der Waals surface area contributed by atoms with Crippen LogP contribution in [0.5, 0.6) is 0 Å². The van der Waals surface area contributed by atoms with Crippen LogP contribution in [0.2, 0.25) is 0 Å². The molecule has 5 aromatic heterocycles. The summed E-state index contributed by atoms with van der Waals surface area (Å²) in [6.07, 6.45) is 1.88. The van der Waals surface area contributed by atoms with E-state index in [0.29, 0.717) is 0 Å². The highest BCUT2D eigenvalue weighted by Crippen LogP contribution is 2.42. The number of pyridine rings is 1.